The molecule has 1 aromatic rings. The molecule has 5 N–H and O–H groups in total. The normalized spacial score (nSPS) is 14.1. The highest BCUT2D eigenvalue weighted by Gasteiger charge is 2.31. The topological polar surface area (TPSA) is 186 Å². The van der Waals surface area contributed by atoms with Crippen LogP contribution in [0.3, 0.4) is 0 Å². The zero-order chi connectivity index (χ0) is 35.5. The molecule has 0 aliphatic carbocycles. The van der Waals surface area contributed by atoms with Gasteiger partial charge in [-0.2, -0.15) is 0 Å². The van der Waals surface area contributed by atoms with Crippen molar-refractivity contribution in [1.82, 2.24) is 21.3 Å². The lowest BCUT2D eigenvalue weighted by atomic mass is 9.97. The predicted octanol–water partition coefficient (Wildman–Crippen LogP) is 4.63. The van der Waals surface area contributed by atoms with Crippen LogP contribution < -0.4 is 26.6 Å². The molecule has 0 aliphatic rings. The van der Waals surface area contributed by atoms with Crippen molar-refractivity contribution in [2.75, 3.05) is 12.4 Å². The molecule has 0 unspecified atom stereocenters. The number of hydrogen-bond acceptors (Lipinski definition) is 8. The molecule has 0 radical (unpaired) electrons. The molecular weight excluding hydrogens is 596 g/mol. The van der Waals surface area contributed by atoms with Crippen molar-refractivity contribution in [3.05, 3.63) is 29.8 Å². The Balaban J connectivity index is 3.51. The summed E-state index contributed by atoms with van der Waals surface area (Å²) in [5, 5.41) is 13.3. The first-order valence-corrected chi connectivity index (χ1v) is 15.2. The molecule has 0 aromatic heterocycles. The van der Waals surface area contributed by atoms with E-state index in [1.165, 1.54) is 7.05 Å². The van der Waals surface area contributed by atoms with Crippen LogP contribution in [0.1, 0.15) is 88.1 Å². The number of rotatable bonds is 9. The summed E-state index contributed by atoms with van der Waals surface area (Å²) in [4.78, 5) is 68.2. The van der Waals surface area contributed by atoms with Crippen molar-refractivity contribution in [3.63, 3.8) is 0 Å². The number of likely N-dealkylation sites (N-methyl/N-ethyl adjacent to an activating group) is 1. The van der Waals surface area contributed by atoms with Gasteiger partial charge in [0.1, 0.15) is 28.9 Å². The molecule has 0 saturated heterocycles. The molecule has 3 atom stereocenters. The quantitative estimate of drug-likeness (QED) is 0.145. The summed E-state index contributed by atoms with van der Waals surface area (Å²) < 4.78 is 16.0. The number of nitrogens with zero attached hydrogens (tertiary/aromatic N) is 1. The average Bonchev–Trinajstić information content (AvgIpc) is 2.87. The van der Waals surface area contributed by atoms with E-state index in [9.17, 15) is 24.0 Å². The van der Waals surface area contributed by atoms with Crippen molar-refractivity contribution in [2.45, 2.75) is 118 Å². The Kier molecular flexibility index (Phi) is 14.5. The largest absolute Gasteiger partial charge is 0.444 e. The summed E-state index contributed by atoms with van der Waals surface area (Å²) >= 11 is 0. The second kappa shape index (κ2) is 16.8. The first-order chi connectivity index (χ1) is 21.0. The van der Waals surface area contributed by atoms with Crippen LogP contribution in [-0.2, 0) is 30.2 Å². The van der Waals surface area contributed by atoms with E-state index in [4.69, 9.17) is 14.2 Å². The minimum absolute atomic E-state index is 0.0820. The van der Waals surface area contributed by atoms with Crippen LogP contribution >= 0.6 is 0 Å². The van der Waals surface area contributed by atoms with Crippen LogP contribution in [0, 0.1) is 5.92 Å². The number of nitrogens with one attached hydrogen (secondary N) is 5. The number of benzene rings is 1. The highest BCUT2D eigenvalue weighted by atomic mass is 16.6. The lowest BCUT2D eigenvalue weighted by molar-refractivity contribution is -0.131. The van der Waals surface area contributed by atoms with Gasteiger partial charge in [0.05, 0.1) is 0 Å². The van der Waals surface area contributed by atoms with Crippen molar-refractivity contribution >= 4 is 41.7 Å². The smallest absolute Gasteiger partial charge is 0.437 e. The van der Waals surface area contributed by atoms with Gasteiger partial charge in [0.2, 0.25) is 17.8 Å². The van der Waals surface area contributed by atoms with Crippen LogP contribution in [0.15, 0.2) is 29.3 Å². The maximum Gasteiger partial charge on any atom is 0.437 e. The van der Waals surface area contributed by atoms with Crippen LogP contribution in [0.5, 0.6) is 0 Å². The number of alkyl carbamates (subject to hydrolysis) is 2. The lowest BCUT2D eigenvalue weighted by Gasteiger charge is -2.27. The highest BCUT2D eigenvalue weighted by Crippen LogP contribution is 2.19. The number of ether oxygens (including phenoxy) is 3. The number of amides is 5. The summed E-state index contributed by atoms with van der Waals surface area (Å²) in [5.74, 6) is -1.50. The number of guanidine groups is 1. The summed E-state index contributed by atoms with van der Waals surface area (Å²) in [6.45, 7) is 18.8. The number of para-hydroxylation sites is 1. The van der Waals surface area contributed by atoms with Gasteiger partial charge in [0.25, 0.3) is 0 Å². The molecule has 1 aromatic carbocycles. The Hall–Kier alpha value is -4.36. The van der Waals surface area contributed by atoms with Crippen molar-refractivity contribution in [2.24, 2.45) is 10.9 Å². The van der Waals surface area contributed by atoms with E-state index < -0.39 is 53.1 Å². The molecule has 1 rings (SSSR count). The van der Waals surface area contributed by atoms with Gasteiger partial charge in [0.15, 0.2) is 0 Å². The standard InChI is InChI=1S/C32H52N6O8/c1-13-19(2)23(25(40)33-12)36-24(39)22(35-27(41)44-30(3,4)5)18-20-16-14-15-17-21(20)34-26(37-28(42)45-31(6,7)8)38-29(43)46-32(9,10)11/h14-17,19,22-23H,13,18H2,1-12H3,(H,33,40)(H,35,41)(H,36,39)(H2,34,37,38,42,43)/t19-,22-,23-/m0/s1. The Morgan fingerprint density at radius 2 is 1.33 bits per heavy atom. The molecule has 14 nitrogen and oxygen atoms in total. The van der Waals surface area contributed by atoms with E-state index in [1.54, 1.807) is 86.6 Å². The molecule has 5 amide bonds. The Morgan fingerprint density at radius 3 is 1.85 bits per heavy atom. The molecule has 14 heteroatoms. The number of aliphatic imine (C=N–C) groups is 1. The minimum Gasteiger partial charge on any atom is -0.444 e. The monoisotopic (exact) mass is 648 g/mol. The van der Waals surface area contributed by atoms with Gasteiger partial charge in [-0.1, -0.05) is 38.5 Å². The summed E-state index contributed by atoms with van der Waals surface area (Å²) in [7, 11) is 1.48. The summed E-state index contributed by atoms with van der Waals surface area (Å²) in [6.07, 6.45) is -2.16. The van der Waals surface area contributed by atoms with E-state index in [0.717, 1.165) is 0 Å². The number of carbonyl (C=O) groups excluding carboxylic acids is 5. The number of carbonyl (C=O) groups is 5. The zero-order valence-electron chi connectivity index (χ0n) is 29.2. The fraction of sp³-hybridized carbons (Fsp3) is 0.625. The molecule has 46 heavy (non-hydrogen) atoms. The number of hydrogen-bond donors (Lipinski definition) is 5. The zero-order valence-corrected chi connectivity index (χ0v) is 29.2. The van der Waals surface area contributed by atoms with E-state index in [1.807, 2.05) is 13.8 Å². The molecule has 258 valence electrons. The third-order valence-electron chi connectivity index (χ3n) is 5.96. The average molecular weight is 649 g/mol. The molecule has 0 saturated carbocycles. The molecule has 0 fully saturated rings. The highest BCUT2D eigenvalue weighted by molar-refractivity contribution is 6.06. The van der Waals surface area contributed by atoms with E-state index in [2.05, 4.69) is 31.6 Å². The Bertz CT molecular complexity index is 1260. The molecule has 0 heterocycles. The summed E-state index contributed by atoms with van der Waals surface area (Å²) in [6, 6.07) is 4.66. The Labute approximate surface area is 272 Å². The third-order valence-corrected chi connectivity index (χ3v) is 5.96. The van der Waals surface area contributed by atoms with Gasteiger partial charge in [-0.15, -0.1) is 4.99 Å². The van der Waals surface area contributed by atoms with Gasteiger partial charge in [-0.05, 0) is 79.9 Å². The molecular formula is C32H52N6O8. The number of anilines is 1. The predicted molar refractivity (Wildman–Crippen MR) is 175 cm³/mol. The second-order valence-electron chi connectivity index (χ2n) is 13.7. The molecule has 0 bridgehead atoms. The van der Waals surface area contributed by atoms with E-state index >= 15 is 0 Å². The second-order valence-corrected chi connectivity index (χ2v) is 13.7. The SMILES string of the molecule is CC[C@H](C)[C@H](NC(=O)[C@H](Cc1ccccc1N/C(=N/C(=O)OC(C)(C)C)NC(=O)OC(C)(C)C)NC(=O)OC(C)(C)C)C(=O)NC. The van der Waals surface area contributed by atoms with Gasteiger partial charge < -0.3 is 35.5 Å². The van der Waals surface area contributed by atoms with Crippen LogP contribution in [0.25, 0.3) is 0 Å². The maximum absolute atomic E-state index is 13.6. The van der Waals surface area contributed by atoms with Crippen molar-refractivity contribution < 1.29 is 38.2 Å². The van der Waals surface area contributed by atoms with Gasteiger partial charge in [0, 0.05) is 19.2 Å². The van der Waals surface area contributed by atoms with E-state index in [0.29, 0.717) is 17.7 Å². The van der Waals surface area contributed by atoms with Crippen LogP contribution in [-0.4, -0.2) is 72.0 Å². The third kappa shape index (κ3) is 15.6. The Morgan fingerprint density at radius 1 is 0.783 bits per heavy atom. The van der Waals surface area contributed by atoms with Crippen molar-refractivity contribution in [3.8, 4) is 0 Å². The maximum atomic E-state index is 13.6. The lowest BCUT2D eigenvalue weighted by Crippen LogP contribution is -2.56. The van der Waals surface area contributed by atoms with Crippen LogP contribution in [0.4, 0.5) is 20.1 Å². The molecule has 0 spiro atoms. The van der Waals surface area contributed by atoms with Crippen molar-refractivity contribution in [1.29, 1.82) is 0 Å². The van der Waals surface area contributed by atoms with Gasteiger partial charge >= 0.3 is 18.3 Å². The van der Waals surface area contributed by atoms with Crippen LogP contribution in [0.2, 0.25) is 0 Å². The minimum atomic E-state index is -1.20. The summed E-state index contributed by atoms with van der Waals surface area (Å²) in [5.41, 5.74) is -1.71. The van der Waals surface area contributed by atoms with Gasteiger partial charge in [-0.3, -0.25) is 14.9 Å². The first-order valence-electron chi connectivity index (χ1n) is 15.2. The first kappa shape index (κ1) is 39.7. The fourth-order valence-corrected chi connectivity index (χ4v) is 3.80. The van der Waals surface area contributed by atoms with Gasteiger partial charge in [-0.25, -0.2) is 14.4 Å². The van der Waals surface area contributed by atoms with E-state index in [-0.39, 0.29) is 24.2 Å². The molecule has 0 aliphatic heterocycles. The fourth-order valence-electron chi connectivity index (χ4n) is 3.80.